The Labute approximate surface area is 177 Å². The van der Waals surface area contributed by atoms with Crippen molar-refractivity contribution >= 4 is 17.3 Å². The Hall–Kier alpha value is -2.67. The van der Waals surface area contributed by atoms with Crippen LogP contribution < -0.4 is 4.74 Å². The number of aromatic nitrogens is 1. The molecule has 2 aromatic carbocycles. The fraction of sp³-hybridized carbons (Fsp3) is 0.304. The lowest BCUT2D eigenvalue weighted by Gasteiger charge is -2.07. The van der Waals surface area contributed by atoms with Crippen molar-refractivity contribution in [2.24, 2.45) is 0 Å². The molecule has 30 heavy (non-hydrogen) atoms. The number of unbranched alkanes of at least 4 members (excludes halogenated alkanes) is 4. The van der Waals surface area contributed by atoms with Crippen LogP contribution in [0.2, 0.25) is 0 Å². The number of halogens is 3. The molecule has 0 aliphatic heterocycles. The molecular weight excluding hydrogens is 411 g/mol. The maximum absolute atomic E-state index is 14.4. The minimum atomic E-state index is -1.02. The molecule has 3 nitrogen and oxygen atoms in total. The summed E-state index contributed by atoms with van der Waals surface area (Å²) in [6.07, 6.45) is 7.99. The third-order valence-electron chi connectivity index (χ3n) is 4.64. The summed E-state index contributed by atoms with van der Waals surface area (Å²) >= 11 is 1.25. The van der Waals surface area contributed by atoms with Crippen molar-refractivity contribution < 1.29 is 22.7 Å². The molecule has 0 saturated heterocycles. The van der Waals surface area contributed by atoms with E-state index in [0.29, 0.717) is 16.0 Å². The SMILES string of the molecule is CCCCCCCc1ncc(C(=O)Oc2ccc(-c3ccc(F)c(F)c3)cc2F)s1. The Morgan fingerprint density at radius 2 is 1.63 bits per heavy atom. The molecular formula is C23H22F3NO2S. The van der Waals surface area contributed by atoms with Crippen molar-refractivity contribution in [3.8, 4) is 16.9 Å². The van der Waals surface area contributed by atoms with Crippen LogP contribution in [-0.2, 0) is 6.42 Å². The average Bonchev–Trinajstić information content (AvgIpc) is 3.20. The van der Waals surface area contributed by atoms with E-state index in [1.807, 2.05) is 0 Å². The van der Waals surface area contributed by atoms with Gasteiger partial charge in [-0.2, -0.15) is 0 Å². The van der Waals surface area contributed by atoms with Gasteiger partial charge in [-0.25, -0.2) is 22.9 Å². The number of carbonyl (C=O) groups is 1. The minimum absolute atomic E-state index is 0.235. The van der Waals surface area contributed by atoms with Gasteiger partial charge in [0.25, 0.3) is 0 Å². The Balaban J connectivity index is 1.62. The number of carbonyl (C=O) groups excluding carboxylic acids is 1. The second-order valence-corrected chi connectivity index (χ2v) is 8.06. The van der Waals surface area contributed by atoms with E-state index in [-0.39, 0.29) is 5.75 Å². The number of benzene rings is 2. The van der Waals surface area contributed by atoms with Crippen molar-refractivity contribution in [1.29, 1.82) is 0 Å². The van der Waals surface area contributed by atoms with Crippen LogP contribution in [0, 0.1) is 17.5 Å². The lowest BCUT2D eigenvalue weighted by Crippen LogP contribution is -2.07. The van der Waals surface area contributed by atoms with Gasteiger partial charge >= 0.3 is 5.97 Å². The molecule has 7 heteroatoms. The van der Waals surface area contributed by atoms with Crippen LogP contribution in [0.25, 0.3) is 11.1 Å². The van der Waals surface area contributed by atoms with Gasteiger partial charge in [-0.15, -0.1) is 11.3 Å². The van der Waals surface area contributed by atoms with Crippen molar-refractivity contribution in [1.82, 2.24) is 4.98 Å². The normalized spacial score (nSPS) is 10.9. The summed E-state index contributed by atoms with van der Waals surface area (Å²) in [4.78, 5) is 16.9. The Morgan fingerprint density at radius 3 is 2.33 bits per heavy atom. The number of thiazole rings is 1. The standard InChI is InChI=1S/C23H22F3NO2S/c1-2-3-4-5-6-7-22-27-14-21(30-22)23(28)29-20-11-9-16(13-19(20)26)15-8-10-17(24)18(25)12-15/h8-14H,2-7H2,1H3. The highest BCUT2D eigenvalue weighted by molar-refractivity contribution is 7.13. The molecule has 0 spiro atoms. The summed E-state index contributed by atoms with van der Waals surface area (Å²) in [5.41, 5.74) is 0.658. The van der Waals surface area contributed by atoms with E-state index in [1.165, 1.54) is 55.0 Å². The molecule has 0 aliphatic rings. The molecule has 3 rings (SSSR count). The largest absolute Gasteiger partial charge is 0.419 e. The lowest BCUT2D eigenvalue weighted by atomic mass is 10.1. The Morgan fingerprint density at radius 1 is 0.933 bits per heavy atom. The van der Waals surface area contributed by atoms with Crippen LogP contribution in [0.4, 0.5) is 13.2 Å². The number of nitrogens with zero attached hydrogens (tertiary/aromatic N) is 1. The summed E-state index contributed by atoms with van der Waals surface area (Å²) in [5, 5.41) is 0.854. The first-order valence-corrected chi connectivity index (χ1v) is 10.7. The van der Waals surface area contributed by atoms with Crippen LogP contribution in [-0.4, -0.2) is 11.0 Å². The molecule has 1 heterocycles. The van der Waals surface area contributed by atoms with Gasteiger partial charge in [0.15, 0.2) is 23.2 Å². The first-order chi connectivity index (χ1) is 14.5. The highest BCUT2D eigenvalue weighted by atomic mass is 32.1. The molecule has 0 fully saturated rings. The van der Waals surface area contributed by atoms with Crippen LogP contribution in [0.1, 0.15) is 53.7 Å². The van der Waals surface area contributed by atoms with Crippen LogP contribution in [0.15, 0.2) is 42.6 Å². The van der Waals surface area contributed by atoms with Gasteiger partial charge in [0, 0.05) is 0 Å². The molecule has 0 aliphatic carbocycles. The number of esters is 1. The fourth-order valence-corrected chi connectivity index (χ4v) is 3.83. The van der Waals surface area contributed by atoms with Gasteiger partial charge in [-0.1, -0.05) is 44.7 Å². The van der Waals surface area contributed by atoms with Gasteiger partial charge in [0.1, 0.15) is 4.88 Å². The summed E-state index contributed by atoms with van der Waals surface area (Å²) < 4.78 is 46.0. The predicted octanol–water partition coefficient (Wildman–Crippen LogP) is 6.96. The van der Waals surface area contributed by atoms with Crippen molar-refractivity contribution in [3.63, 3.8) is 0 Å². The Bertz CT molecular complexity index is 1020. The van der Waals surface area contributed by atoms with E-state index in [1.54, 1.807) is 0 Å². The molecule has 1 aromatic heterocycles. The van der Waals surface area contributed by atoms with Crippen molar-refractivity contribution in [3.05, 3.63) is 69.9 Å². The molecule has 0 N–H and O–H groups in total. The second kappa shape index (κ2) is 10.4. The quantitative estimate of drug-likeness (QED) is 0.208. The number of aryl methyl sites for hydroxylation is 1. The summed E-state index contributed by atoms with van der Waals surface area (Å²) in [7, 11) is 0. The van der Waals surface area contributed by atoms with E-state index in [2.05, 4.69) is 11.9 Å². The predicted molar refractivity (Wildman–Crippen MR) is 111 cm³/mol. The summed E-state index contributed by atoms with van der Waals surface area (Å²) in [5.74, 6) is -3.68. The van der Waals surface area contributed by atoms with E-state index >= 15 is 0 Å². The van der Waals surface area contributed by atoms with E-state index < -0.39 is 23.4 Å². The zero-order valence-corrected chi connectivity index (χ0v) is 17.4. The van der Waals surface area contributed by atoms with Gasteiger partial charge in [0.2, 0.25) is 0 Å². The lowest BCUT2D eigenvalue weighted by molar-refractivity contribution is 0.0732. The molecule has 0 unspecified atom stereocenters. The highest BCUT2D eigenvalue weighted by Gasteiger charge is 2.16. The minimum Gasteiger partial charge on any atom is -0.419 e. The summed E-state index contributed by atoms with van der Waals surface area (Å²) in [6.45, 7) is 2.16. The fourth-order valence-electron chi connectivity index (χ4n) is 2.99. The molecule has 0 amide bonds. The number of rotatable bonds is 9. The Kier molecular flexibility index (Phi) is 7.63. The monoisotopic (exact) mass is 433 g/mol. The van der Waals surface area contributed by atoms with E-state index in [0.717, 1.165) is 42.5 Å². The van der Waals surface area contributed by atoms with Gasteiger partial charge in [-0.3, -0.25) is 0 Å². The maximum Gasteiger partial charge on any atom is 0.355 e. The van der Waals surface area contributed by atoms with Crippen molar-refractivity contribution in [2.75, 3.05) is 0 Å². The maximum atomic E-state index is 14.4. The van der Waals surface area contributed by atoms with Gasteiger partial charge in [-0.05, 0) is 48.2 Å². The van der Waals surface area contributed by atoms with Gasteiger partial charge < -0.3 is 4.74 Å². The topological polar surface area (TPSA) is 39.2 Å². The van der Waals surface area contributed by atoms with Crippen LogP contribution in [0.5, 0.6) is 5.75 Å². The zero-order valence-electron chi connectivity index (χ0n) is 16.6. The molecule has 0 atom stereocenters. The van der Waals surface area contributed by atoms with E-state index in [4.69, 9.17) is 4.74 Å². The molecule has 0 bridgehead atoms. The van der Waals surface area contributed by atoms with Crippen LogP contribution in [0.3, 0.4) is 0 Å². The van der Waals surface area contributed by atoms with Gasteiger partial charge in [0.05, 0.1) is 11.2 Å². The van der Waals surface area contributed by atoms with Crippen molar-refractivity contribution in [2.45, 2.75) is 45.4 Å². The zero-order chi connectivity index (χ0) is 21.5. The number of ether oxygens (including phenoxy) is 1. The molecule has 3 aromatic rings. The average molecular weight is 433 g/mol. The number of hydrogen-bond acceptors (Lipinski definition) is 4. The first kappa shape index (κ1) is 22.0. The molecule has 0 saturated carbocycles. The number of hydrogen-bond donors (Lipinski definition) is 0. The summed E-state index contributed by atoms with van der Waals surface area (Å²) in [6, 6.07) is 7.19. The van der Waals surface area contributed by atoms with E-state index in [9.17, 15) is 18.0 Å². The van der Waals surface area contributed by atoms with Crippen LogP contribution >= 0.6 is 11.3 Å². The third-order valence-corrected chi connectivity index (χ3v) is 5.67. The highest BCUT2D eigenvalue weighted by Crippen LogP contribution is 2.28. The smallest absolute Gasteiger partial charge is 0.355 e. The second-order valence-electron chi connectivity index (χ2n) is 6.95. The third kappa shape index (κ3) is 5.69. The first-order valence-electron chi connectivity index (χ1n) is 9.89. The molecule has 0 radical (unpaired) electrons. The molecule has 158 valence electrons.